The third kappa shape index (κ3) is 4.51. The summed E-state index contributed by atoms with van der Waals surface area (Å²) >= 11 is 0. The minimum atomic E-state index is -1.70. The lowest BCUT2D eigenvalue weighted by Crippen LogP contribution is -2.64. The van der Waals surface area contributed by atoms with Gasteiger partial charge < -0.3 is 54.7 Å². The largest absolute Gasteiger partial charge is 0.394 e. The molecular weight excluding hydrogens is 356 g/mol. The Morgan fingerprint density at radius 1 is 0.731 bits per heavy atom. The molecule has 0 aromatic heterocycles. The Morgan fingerprint density at radius 2 is 1.31 bits per heavy atom. The van der Waals surface area contributed by atoms with Gasteiger partial charge in [0, 0.05) is 6.61 Å². The maximum Gasteiger partial charge on any atom is 0.187 e. The zero-order valence-electron chi connectivity index (χ0n) is 14.4. The molecule has 7 N–H and O–H groups in total. The Morgan fingerprint density at radius 3 is 1.88 bits per heavy atom. The van der Waals surface area contributed by atoms with Crippen molar-refractivity contribution in [1.29, 1.82) is 0 Å². The first-order chi connectivity index (χ1) is 12.3. The van der Waals surface area contributed by atoms with Gasteiger partial charge in [-0.1, -0.05) is 6.92 Å². The Kier molecular flexibility index (Phi) is 8.12. The molecule has 11 heteroatoms. The fourth-order valence-electron chi connectivity index (χ4n) is 2.92. The quantitative estimate of drug-likeness (QED) is 0.228. The monoisotopic (exact) mass is 384 g/mol. The molecule has 2 rings (SSSR count). The maximum atomic E-state index is 10.4. The minimum absolute atomic E-state index is 0.253. The number of aliphatic hydroxyl groups is 7. The number of hydrogen-bond acceptors (Lipinski definition) is 11. The molecule has 26 heavy (non-hydrogen) atoms. The van der Waals surface area contributed by atoms with Gasteiger partial charge in [-0.3, -0.25) is 0 Å². The van der Waals surface area contributed by atoms with Crippen LogP contribution in [-0.2, 0) is 18.9 Å². The van der Waals surface area contributed by atoms with Gasteiger partial charge in [-0.15, -0.1) is 0 Å². The zero-order chi connectivity index (χ0) is 19.4. The van der Waals surface area contributed by atoms with Crippen LogP contribution in [0.5, 0.6) is 0 Å². The van der Waals surface area contributed by atoms with Gasteiger partial charge in [0.2, 0.25) is 0 Å². The van der Waals surface area contributed by atoms with Crippen LogP contribution >= 0.6 is 0 Å². The van der Waals surface area contributed by atoms with E-state index in [4.69, 9.17) is 18.9 Å². The van der Waals surface area contributed by atoms with Crippen molar-refractivity contribution >= 4 is 0 Å². The highest BCUT2D eigenvalue weighted by Gasteiger charge is 2.50. The third-order valence-corrected chi connectivity index (χ3v) is 4.45. The van der Waals surface area contributed by atoms with Crippen LogP contribution in [0.25, 0.3) is 0 Å². The van der Waals surface area contributed by atoms with Gasteiger partial charge in [0.25, 0.3) is 0 Å². The van der Waals surface area contributed by atoms with Gasteiger partial charge in [-0.05, 0) is 6.42 Å². The molecule has 2 saturated heterocycles. The van der Waals surface area contributed by atoms with Gasteiger partial charge in [0.15, 0.2) is 12.6 Å². The predicted molar refractivity (Wildman–Crippen MR) is 82.6 cm³/mol. The molecular formula is C15H28O11. The smallest absolute Gasteiger partial charge is 0.187 e. The number of rotatable bonds is 7. The van der Waals surface area contributed by atoms with Gasteiger partial charge in [0.1, 0.15) is 48.8 Å². The molecule has 0 radical (unpaired) electrons. The van der Waals surface area contributed by atoms with Crippen molar-refractivity contribution < 1.29 is 54.7 Å². The summed E-state index contributed by atoms with van der Waals surface area (Å²) in [6.45, 7) is 0.873. The molecule has 0 bridgehead atoms. The van der Waals surface area contributed by atoms with E-state index in [-0.39, 0.29) is 6.61 Å². The van der Waals surface area contributed by atoms with E-state index >= 15 is 0 Å². The first kappa shape index (κ1) is 21.9. The first-order valence-corrected chi connectivity index (χ1v) is 8.55. The van der Waals surface area contributed by atoms with Crippen molar-refractivity contribution in [3.05, 3.63) is 0 Å². The van der Waals surface area contributed by atoms with E-state index in [2.05, 4.69) is 0 Å². The predicted octanol–water partition coefficient (Wildman–Crippen LogP) is -3.96. The Bertz CT molecular complexity index is 422. The highest BCUT2D eigenvalue weighted by atomic mass is 16.7. The summed E-state index contributed by atoms with van der Waals surface area (Å²) in [5, 5.41) is 68.9. The second-order valence-electron chi connectivity index (χ2n) is 6.38. The molecule has 2 aliphatic heterocycles. The molecule has 0 spiro atoms. The molecule has 2 fully saturated rings. The minimum Gasteiger partial charge on any atom is -0.394 e. The standard InChI is InChI=1S/C15H28O11/c1-2-3-23-14-12(22)13(9(19)7(5-17)24-14)26-15-11(21)10(20)8(18)6(4-16)25-15/h6-22H,2-5H2,1H3/t6-,7+,8-,9+,10+,11+,12+,13-,14-,15-/m0/s1. The molecule has 11 nitrogen and oxygen atoms in total. The van der Waals surface area contributed by atoms with E-state index in [0.29, 0.717) is 6.42 Å². The molecule has 0 aliphatic carbocycles. The molecule has 0 aromatic carbocycles. The third-order valence-electron chi connectivity index (χ3n) is 4.45. The van der Waals surface area contributed by atoms with Gasteiger partial charge in [-0.2, -0.15) is 0 Å². The normalized spacial score (nSPS) is 47.1. The van der Waals surface area contributed by atoms with Crippen LogP contribution in [-0.4, -0.2) is 117 Å². The second kappa shape index (κ2) is 9.66. The van der Waals surface area contributed by atoms with E-state index in [1.165, 1.54) is 0 Å². The molecule has 154 valence electrons. The second-order valence-corrected chi connectivity index (χ2v) is 6.38. The summed E-state index contributed by atoms with van der Waals surface area (Å²) in [4.78, 5) is 0. The number of ether oxygens (including phenoxy) is 4. The van der Waals surface area contributed by atoms with Crippen molar-refractivity contribution in [2.24, 2.45) is 0 Å². The molecule has 0 saturated carbocycles. The van der Waals surface area contributed by atoms with Crippen molar-refractivity contribution in [1.82, 2.24) is 0 Å². The Balaban J connectivity index is 2.13. The number of aliphatic hydroxyl groups excluding tert-OH is 7. The van der Waals surface area contributed by atoms with Crippen molar-refractivity contribution in [2.45, 2.75) is 74.8 Å². The highest BCUT2D eigenvalue weighted by Crippen LogP contribution is 2.29. The van der Waals surface area contributed by atoms with E-state index in [9.17, 15) is 35.7 Å². The van der Waals surface area contributed by atoms with E-state index in [0.717, 1.165) is 0 Å². The van der Waals surface area contributed by atoms with Crippen LogP contribution in [0.15, 0.2) is 0 Å². The van der Waals surface area contributed by atoms with E-state index in [1.54, 1.807) is 0 Å². The first-order valence-electron chi connectivity index (χ1n) is 8.55. The van der Waals surface area contributed by atoms with Crippen molar-refractivity contribution in [3.63, 3.8) is 0 Å². The highest BCUT2D eigenvalue weighted by molar-refractivity contribution is 4.94. The fraction of sp³-hybridized carbons (Fsp3) is 1.00. The molecule has 0 amide bonds. The lowest BCUT2D eigenvalue weighted by Gasteiger charge is -2.45. The van der Waals surface area contributed by atoms with Crippen LogP contribution < -0.4 is 0 Å². The van der Waals surface area contributed by atoms with Gasteiger partial charge in [-0.25, -0.2) is 0 Å². The molecule has 0 aromatic rings. The van der Waals surface area contributed by atoms with Crippen molar-refractivity contribution in [3.8, 4) is 0 Å². The van der Waals surface area contributed by atoms with Crippen LogP contribution in [0.3, 0.4) is 0 Å². The average molecular weight is 384 g/mol. The SMILES string of the molecule is CCCO[C@H]1O[C@H](CO)[C@@H](O)[C@H](O[C@@H]2O[C@@H](CO)[C@H](O)[C@@H](O)[C@H]2O)[C@H]1O. The van der Waals surface area contributed by atoms with Crippen LogP contribution in [0.4, 0.5) is 0 Å². The summed E-state index contributed by atoms with van der Waals surface area (Å²) < 4.78 is 21.3. The van der Waals surface area contributed by atoms with Crippen molar-refractivity contribution in [2.75, 3.05) is 19.8 Å². The number of hydrogen-bond donors (Lipinski definition) is 7. The lowest BCUT2D eigenvalue weighted by molar-refractivity contribution is -0.360. The molecule has 10 atom stereocenters. The molecule has 2 heterocycles. The van der Waals surface area contributed by atoms with E-state index in [1.807, 2.05) is 6.92 Å². The molecule has 0 unspecified atom stereocenters. The summed E-state index contributed by atoms with van der Waals surface area (Å²) in [5.41, 5.74) is 0. The van der Waals surface area contributed by atoms with Gasteiger partial charge >= 0.3 is 0 Å². The topological polar surface area (TPSA) is 179 Å². The lowest BCUT2D eigenvalue weighted by atomic mass is 9.97. The average Bonchev–Trinajstić information content (AvgIpc) is 2.64. The fourth-order valence-corrected chi connectivity index (χ4v) is 2.92. The van der Waals surface area contributed by atoms with Crippen LogP contribution in [0, 0.1) is 0 Å². The van der Waals surface area contributed by atoms with Gasteiger partial charge in [0.05, 0.1) is 13.2 Å². The Labute approximate surface area is 150 Å². The summed E-state index contributed by atoms with van der Waals surface area (Å²) in [6.07, 6.45) is -13.7. The maximum absolute atomic E-state index is 10.4. The summed E-state index contributed by atoms with van der Waals surface area (Å²) in [5.74, 6) is 0. The summed E-state index contributed by atoms with van der Waals surface area (Å²) in [7, 11) is 0. The van der Waals surface area contributed by atoms with Crippen LogP contribution in [0.1, 0.15) is 13.3 Å². The zero-order valence-corrected chi connectivity index (χ0v) is 14.4. The van der Waals surface area contributed by atoms with Crippen LogP contribution in [0.2, 0.25) is 0 Å². The summed E-state index contributed by atoms with van der Waals surface area (Å²) in [6, 6.07) is 0. The van der Waals surface area contributed by atoms with E-state index < -0.39 is 74.6 Å². The Hall–Kier alpha value is -0.440. The molecule has 2 aliphatic rings.